The number of aromatic nitrogens is 1. The van der Waals surface area contributed by atoms with E-state index in [1.54, 1.807) is 39.0 Å². The molecule has 0 spiro atoms. The van der Waals surface area contributed by atoms with Crippen molar-refractivity contribution in [1.82, 2.24) is 4.98 Å². The van der Waals surface area contributed by atoms with Gasteiger partial charge in [0.2, 0.25) is 5.91 Å². The number of H-pyrrole nitrogens is 1. The van der Waals surface area contributed by atoms with Gasteiger partial charge in [-0.25, -0.2) is 4.79 Å². The summed E-state index contributed by atoms with van der Waals surface area (Å²) in [6, 6.07) is 5.43. The van der Waals surface area contributed by atoms with Crippen molar-refractivity contribution >= 4 is 17.7 Å². The molecule has 132 valence electrons. The molecule has 2 rings (SSSR count). The fraction of sp³-hybridized carbons (Fsp3) is 0.278. The Bertz CT molecular complexity index is 839. The second-order valence-electron chi connectivity index (χ2n) is 5.68. The number of aromatic amines is 1. The Balaban J connectivity index is 2.44. The molecule has 25 heavy (non-hydrogen) atoms. The summed E-state index contributed by atoms with van der Waals surface area (Å²) in [7, 11) is 0. The normalized spacial score (nSPS) is 11.8. The zero-order valence-electron chi connectivity index (χ0n) is 14.4. The quantitative estimate of drug-likeness (QED) is 0.541. The monoisotopic (exact) mass is 343 g/mol. The molecular weight excluding hydrogens is 322 g/mol. The molecule has 1 atom stereocenters. The first-order chi connectivity index (χ1) is 11.8. The van der Waals surface area contributed by atoms with Crippen LogP contribution in [0, 0.1) is 13.8 Å². The van der Waals surface area contributed by atoms with Crippen LogP contribution in [0.5, 0.6) is 0 Å². The van der Waals surface area contributed by atoms with E-state index in [1.807, 2.05) is 0 Å². The summed E-state index contributed by atoms with van der Waals surface area (Å²) in [6.45, 7) is 5.35. The summed E-state index contributed by atoms with van der Waals surface area (Å²) in [5, 5.41) is 0. The molecule has 0 saturated heterocycles. The second-order valence-corrected chi connectivity index (χ2v) is 5.68. The van der Waals surface area contributed by atoms with Crippen LogP contribution >= 0.6 is 0 Å². The molecule has 1 aromatic carbocycles. The van der Waals surface area contributed by atoms with Crippen LogP contribution in [0.3, 0.4) is 0 Å². The lowest BCUT2D eigenvalue weighted by Crippen LogP contribution is -2.28. The number of hydrogen-bond donors (Lipinski definition) is 3. The predicted octanol–water partition coefficient (Wildman–Crippen LogP) is 1.52. The van der Waals surface area contributed by atoms with Crippen molar-refractivity contribution in [3.05, 3.63) is 57.9 Å². The molecule has 7 nitrogen and oxygen atoms in total. The van der Waals surface area contributed by atoms with Crippen molar-refractivity contribution in [2.24, 2.45) is 11.5 Å². The maximum absolute atomic E-state index is 12.9. The van der Waals surface area contributed by atoms with Gasteiger partial charge < -0.3 is 21.2 Å². The number of ketones is 1. The van der Waals surface area contributed by atoms with Crippen LogP contribution in [0.15, 0.2) is 24.3 Å². The van der Waals surface area contributed by atoms with Crippen molar-refractivity contribution in [3.63, 3.8) is 0 Å². The summed E-state index contributed by atoms with van der Waals surface area (Å²) >= 11 is 0. The third-order valence-corrected chi connectivity index (χ3v) is 3.96. The number of nitrogens with one attached hydrogen (secondary N) is 1. The van der Waals surface area contributed by atoms with Gasteiger partial charge in [0, 0.05) is 16.8 Å². The lowest BCUT2D eigenvalue weighted by Gasteiger charge is -2.10. The summed E-state index contributed by atoms with van der Waals surface area (Å²) < 4.78 is 4.99. The van der Waals surface area contributed by atoms with E-state index in [1.165, 1.54) is 6.07 Å². The first kappa shape index (κ1) is 18.4. The number of amides is 1. The highest BCUT2D eigenvalue weighted by Crippen LogP contribution is 2.23. The number of esters is 1. The van der Waals surface area contributed by atoms with Crippen LogP contribution in [0.25, 0.3) is 0 Å². The minimum absolute atomic E-state index is 0.243. The average Bonchev–Trinajstić information content (AvgIpc) is 2.88. The molecule has 0 aliphatic rings. The number of benzene rings is 1. The molecule has 0 aliphatic heterocycles. The van der Waals surface area contributed by atoms with Crippen LogP contribution in [-0.2, 0) is 9.53 Å². The summed E-state index contributed by atoms with van der Waals surface area (Å²) in [6.07, 6.45) is 0. The van der Waals surface area contributed by atoms with E-state index in [9.17, 15) is 14.4 Å². The van der Waals surface area contributed by atoms with Crippen LogP contribution in [0.1, 0.15) is 56.2 Å². The fourth-order valence-electron chi connectivity index (χ4n) is 2.68. The van der Waals surface area contributed by atoms with Gasteiger partial charge in [-0.1, -0.05) is 18.2 Å². The topological polar surface area (TPSA) is 128 Å². The molecule has 7 heteroatoms. The third-order valence-electron chi connectivity index (χ3n) is 3.96. The number of nitrogens with two attached hydrogens (primary N) is 2. The van der Waals surface area contributed by atoms with E-state index < -0.39 is 17.9 Å². The second kappa shape index (κ2) is 7.31. The van der Waals surface area contributed by atoms with Gasteiger partial charge >= 0.3 is 5.97 Å². The van der Waals surface area contributed by atoms with Crippen LogP contribution in [0.4, 0.5) is 0 Å². The molecule has 1 amide bonds. The van der Waals surface area contributed by atoms with Gasteiger partial charge in [0.25, 0.3) is 0 Å². The fourth-order valence-corrected chi connectivity index (χ4v) is 2.68. The van der Waals surface area contributed by atoms with E-state index in [4.69, 9.17) is 16.2 Å². The highest BCUT2D eigenvalue weighted by atomic mass is 16.5. The van der Waals surface area contributed by atoms with Crippen LogP contribution < -0.4 is 11.5 Å². The summed E-state index contributed by atoms with van der Waals surface area (Å²) in [5.41, 5.74) is 13.5. The van der Waals surface area contributed by atoms with Crippen molar-refractivity contribution in [2.75, 3.05) is 6.61 Å². The van der Waals surface area contributed by atoms with Crippen molar-refractivity contribution in [2.45, 2.75) is 26.8 Å². The highest BCUT2D eigenvalue weighted by molar-refractivity contribution is 6.12. The molecule has 0 bridgehead atoms. The Morgan fingerprint density at radius 2 is 1.92 bits per heavy atom. The van der Waals surface area contributed by atoms with Gasteiger partial charge in [0.15, 0.2) is 5.78 Å². The summed E-state index contributed by atoms with van der Waals surface area (Å²) in [4.78, 5) is 39.0. The largest absolute Gasteiger partial charge is 0.461 e. The Morgan fingerprint density at radius 1 is 1.24 bits per heavy atom. The zero-order chi connectivity index (χ0) is 18.7. The zero-order valence-corrected chi connectivity index (χ0v) is 14.4. The molecule has 0 aliphatic carbocycles. The Labute approximate surface area is 145 Å². The van der Waals surface area contributed by atoms with Gasteiger partial charge in [-0.2, -0.15) is 0 Å². The molecule has 1 unspecified atom stereocenters. The van der Waals surface area contributed by atoms with Crippen molar-refractivity contribution < 1.29 is 19.1 Å². The van der Waals surface area contributed by atoms with Gasteiger partial charge in [0.05, 0.1) is 6.61 Å². The number of carbonyl (C=O) groups excluding carboxylic acids is 3. The minimum atomic E-state index is -0.990. The molecule has 2 aromatic rings. The van der Waals surface area contributed by atoms with Crippen molar-refractivity contribution in [1.29, 1.82) is 0 Å². The van der Waals surface area contributed by atoms with E-state index in [-0.39, 0.29) is 18.1 Å². The van der Waals surface area contributed by atoms with Gasteiger partial charge in [-0.05, 0) is 38.0 Å². The van der Waals surface area contributed by atoms with Crippen molar-refractivity contribution in [3.8, 4) is 0 Å². The van der Waals surface area contributed by atoms with Crippen LogP contribution in [-0.4, -0.2) is 29.3 Å². The van der Waals surface area contributed by atoms with E-state index in [2.05, 4.69) is 4.98 Å². The third kappa shape index (κ3) is 3.61. The predicted molar refractivity (Wildman–Crippen MR) is 92.2 cm³/mol. The van der Waals surface area contributed by atoms with E-state index >= 15 is 0 Å². The summed E-state index contributed by atoms with van der Waals surface area (Å²) in [5.74, 6) is -1.46. The minimum Gasteiger partial charge on any atom is -0.461 e. The molecule has 0 saturated carbocycles. The Morgan fingerprint density at radius 3 is 2.52 bits per heavy atom. The molecule has 1 aromatic heterocycles. The molecule has 1 heterocycles. The lowest BCUT2D eigenvalue weighted by atomic mass is 9.96. The Hall–Kier alpha value is -2.93. The van der Waals surface area contributed by atoms with Gasteiger partial charge in [0.1, 0.15) is 11.7 Å². The number of aryl methyl sites for hydroxylation is 1. The molecular formula is C18H21N3O4. The maximum Gasteiger partial charge on any atom is 0.355 e. The standard InChI is InChI=1S/C18H21N3O4/c1-4-25-18(24)15-9(2)13(10(3)21-15)16(22)12-7-5-6-11(8-12)14(19)17(20)23/h5-8,14,21H,4,19H2,1-3H3,(H2,20,23). The smallest absolute Gasteiger partial charge is 0.355 e. The highest BCUT2D eigenvalue weighted by Gasteiger charge is 2.24. The number of rotatable bonds is 6. The average molecular weight is 343 g/mol. The SMILES string of the molecule is CCOC(=O)c1[nH]c(C)c(C(=O)c2cccc(C(N)C(N)=O)c2)c1C. The maximum atomic E-state index is 12.9. The number of carbonyl (C=O) groups is 3. The molecule has 0 radical (unpaired) electrons. The van der Waals surface area contributed by atoms with Gasteiger partial charge in [-0.3, -0.25) is 9.59 Å². The van der Waals surface area contributed by atoms with Gasteiger partial charge in [-0.15, -0.1) is 0 Å². The first-order valence-corrected chi connectivity index (χ1v) is 7.83. The number of hydrogen-bond acceptors (Lipinski definition) is 5. The number of primary amides is 1. The first-order valence-electron chi connectivity index (χ1n) is 7.83. The molecule has 0 fully saturated rings. The van der Waals surface area contributed by atoms with E-state index in [0.717, 1.165) is 0 Å². The van der Waals surface area contributed by atoms with E-state index in [0.29, 0.717) is 27.9 Å². The lowest BCUT2D eigenvalue weighted by molar-refractivity contribution is -0.119. The number of ether oxygens (including phenoxy) is 1. The Kier molecular flexibility index (Phi) is 5.38. The van der Waals surface area contributed by atoms with Crippen LogP contribution in [0.2, 0.25) is 0 Å². The molecule has 5 N–H and O–H groups in total.